The van der Waals surface area contributed by atoms with Crippen molar-refractivity contribution in [3.63, 3.8) is 0 Å². The third kappa shape index (κ3) is 3.81. The Morgan fingerprint density at radius 1 is 1.08 bits per heavy atom. The number of aryl methyl sites for hydroxylation is 1. The highest BCUT2D eigenvalue weighted by molar-refractivity contribution is 6.42. The van der Waals surface area contributed by atoms with Gasteiger partial charge in [0.15, 0.2) is 11.6 Å². The lowest BCUT2D eigenvalue weighted by Crippen LogP contribution is -2.48. The molecule has 0 bridgehead atoms. The van der Waals surface area contributed by atoms with Gasteiger partial charge in [0.05, 0.1) is 23.7 Å². The number of carbonyl (C=O) groups is 3. The van der Waals surface area contributed by atoms with Crippen LogP contribution in [0, 0.1) is 18.8 Å². The minimum absolute atomic E-state index is 0.0146. The van der Waals surface area contributed by atoms with Crippen LogP contribution in [0.3, 0.4) is 0 Å². The van der Waals surface area contributed by atoms with Crippen LogP contribution in [-0.4, -0.2) is 69.2 Å². The van der Waals surface area contributed by atoms with Gasteiger partial charge in [-0.15, -0.1) is 0 Å². The number of carbonyl (C=O) groups excluding carboxylic acids is 3. The normalized spacial score (nSPS) is 31.3. The molecule has 2 aromatic rings. The quantitative estimate of drug-likeness (QED) is 0.426. The molecular weight excluding hydrogens is 508 g/mol. The predicted octanol–water partition coefficient (Wildman–Crippen LogP) is 2.00. The second kappa shape index (κ2) is 9.27. The summed E-state index contributed by atoms with van der Waals surface area (Å²) in [5.74, 6) is -3.53. The van der Waals surface area contributed by atoms with E-state index in [1.807, 2.05) is 0 Å². The molecule has 2 aliphatic carbocycles. The van der Waals surface area contributed by atoms with Crippen molar-refractivity contribution in [1.82, 2.24) is 0 Å². The van der Waals surface area contributed by atoms with E-state index in [2.05, 4.69) is 0 Å². The molecule has 2 fully saturated rings. The molecule has 7 atom stereocenters. The highest BCUT2D eigenvalue weighted by Gasteiger charge is 2.55. The van der Waals surface area contributed by atoms with Crippen LogP contribution in [0.4, 0.5) is 0 Å². The standard InChI is InChI=1S/C29H28O10/c1-11-8-15-20(16(31)9-11)23-24(22-14(6-7-30)29(36)39-28(15)22)27(35)21-13(26(23)34)4-3-5-18(21)38-19-10-17(32)25(33)12(2)37-19/h3-5,8-9,12,14,17,19,22,25,28,30-33H,6-7,10H2,1-2H3/t12-,14-,17+,19?,22?,25-,28+/m0/s1. The maximum atomic E-state index is 14.3. The summed E-state index contributed by atoms with van der Waals surface area (Å²) in [6.07, 6.45) is -4.86. The Morgan fingerprint density at radius 2 is 1.85 bits per heavy atom. The molecule has 4 aliphatic rings. The van der Waals surface area contributed by atoms with E-state index in [9.17, 15) is 34.8 Å². The van der Waals surface area contributed by atoms with E-state index in [1.165, 1.54) is 18.2 Å². The minimum atomic E-state index is -1.10. The van der Waals surface area contributed by atoms with Crippen molar-refractivity contribution in [3.8, 4) is 11.5 Å². The zero-order valence-electron chi connectivity index (χ0n) is 21.3. The summed E-state index contributed by atoms with van der Waals surface area (Å²) >= 11 is 0. The topological polar surface area (TPSA) is 160 Å². The summed E-state index contributed by atoms with van der Waals surface area (Å²) in [5, 5.41) is 40.9. The second-order valence-corrected chi connectivity index (χ2v) is 10.6. The lowest BCUT2D eigenvalue weighted by Gasteiger charge is -2.37. The van der Waals surface area contributed by atoms with Crippen LogP contribution in [0.1, 0.15) is 63.3 Å². The lowest BCUT2D eigenvalue weighted by molar-refractivity contribution is -0.216. The Bertz CT molecular complexity index is 1430. The summed E-state index contributed by atoms with van der Waals surface area (Å²) in [6.45, 7) is 3.02. The number of rotatable bonds is 4. The van der Waals surface area contributed by atoms with Gasteiger partial charge >= 0.3 is 5.97 Å². The molecule has 2 aliphatic heterocycles. The molecule has 0 radical (unpaired) electrons. The zero-order valence-corrected chi connectivity index (χ0v) is 21.3. The molecular formula is C29H28O10. The number of aliphatic hydroxyl groups excluding tert-OH is 3. The maximum absolute atomic E-state index is 14.3. The van der Waals surface area contributed by atoms with Crippen molar-refractivity contribution in [3.05, 3.63) is 63.7 Å². The Labute approximate surface area is 223 Å². The lowest BCUT2D eigenvalue weighted by atomic mass is 9.65. The van der Waals surface area contributed by atoms with Crippen molar-refractivity contribution in [2.24, 2.45) is 11.8 Å². The van der Waals surface area contributed by atoms with Crippen LogP contribution < -0.4 is 4.74 Å². The Morgan fingerprint density at radius 3 is 2.56 bits per heavy atom. The number of Topliss-reactive ketones (excluding diaryl/α,β-unsaturated/α-hetero) is 2. The fourth-order valence-electron chi connectivity index (χ4n) is 6.35. The van der Waals surface area contributed by atoms with Crippen molar-refractivity contribution in [2.45, 2.75) is 57.4 Å². The van der Waals surface area contributed by atoms with Gasteiger partial charge in [0.2, 0.25) is 6.29 Å². The molecule has 0 aromatic heterocycles. The first-order chi connectivity index (χ1) is 18.6. The predicted molar refractivity (Wildman–Crippen MR) is 134 cm³/mol. The van der Waals surface area contributed by atoms with E-state index < -0.39 is 60.1 Å². The number of phenolic OH excluding ortho intramolecular Hbond substituents is 1. The first-order valence-electron chi connectivity index (χ1n) is 12.9. The van der Waals surface area contributed by atoms with Gasteiger partial charge in [-0.05, 0) is 38.0 Å². The van der Waals surface area contributed by atoms with Gasteiger partial charge in [-0.1, -0.05) is 18.2 Å². The Balaban J connectivity index is 1.51. The highest BCUT2D eigenvalue weighted by Crippen LogP contribution is 2.57. The Hall–Kier alpha value is -3.57. The fraction of sp³-hybridized carbons (Fsp3) is 0.414. The molecule has 0 amide bonds. The number of aromatic hydroxyl groups is 1. The number of phenols is 1. The summed E-state index contributed by atoms with van der Waals surface area (Å²) in [7, 11) is 0. The van der Waals surface area contributed by atoms with Gasteiger partial charge in [0.1, 0.15) is 23.7 Å². The molecule has 10 nitrogen and oxygen atoms in total. The summed E-state index contributed by atoms with van der Waals surface area (Å²) in [5.41, 5.74) is 1.39. The average molecular weight is 537 g/mol. The van der Waals surface area contributed by atoms with Crippen LogP contribution in [0.15, 0.2) is 35.9 Å². The van der Waals surface area contributed by atoms with Crippen molar-refractivity contribution < 1.29 is 49.0 Å². The van der Waals surface area contributed by atoms with Crippen LogP contribution in [0.25, 0.3) is 5.57 Å². The molecule has 2 unspecified atom stereocenters. The van der Waals surface area contributed by atoms with E-state index in [1.54, 1.807) is 26.0 Å². The van der Waals surface area contributed by atoms with E-state index in [0.717, 1.165) is 0 Å². The van der Waals surface area contributed by atoms with Gasteiger partial charge < -0.3 is 34.6 Å². The summed E-state index contributed by atoms with van der Waals surface area (Å²) in [6, 6.07) is 7.78. The molecule has 204 valence electrons. The van der Waals surface area contributed by atoms with E-state index in [-0.39, 0.29) is 58.8 Å². The van der Waals surface area contributed by atoms with Crippen molar-refractivity contribution in [2.75, 3.05) is 6.61 Å². The maximum Gasteiger partial charge on any atom is 0.310 e. The first kappa shape index (κ1) is 25.7. The van der Waals surface area contributed by atoms with Gasteiger partial charge in [-0.2, -0.15) is 0 Å². The number of hydrogen-bond acceptors (Lipinski definition) is 10. The number of ether oxygens (including phenoxy) is 3. The minimum Gasteiger partial charge on any atom is -0.507 e. The zero-order chi connectivity index (χ0) is 27.7. The number of benzene rings is 2. The molecule has 2 heterocycles. The molecule has 0 spiro atoms. The van der Waals surface area contributed by atoms with E-state index in [4.69, 9.17) is 14.2 Å². The summed E-state index contributed by atoms with van der Waals surface area (Å²) in [4.78, 5) is 41.3. The number of allylic oxidation sites excluding steroid dienone is 1. The molecule has 4 N–H and O–H groups in total. The highest BCUT2D eigenvalue weighted by atomic mass is 16.7. The first-order valence-corrected chi connectivity index (χ1v) is 12.9. The third-order valence-corrected chi connectivity index (χ3v) is 8.10. The van der Waals surface area contributed by atoms with Gasteiger partial charge in [0, 0.05) is 46.8 Å². The van der Waals surface area contributed by atoms with Crippen LogP contribution in [0.5, 0.6) is 11.5 Å². The second-order valence-electron chi connectivity index (χ2n) is 10.6. The summed E-state index contributed by atoms with van der Waals surface area (Å²) < 4.78 is 17.4. The SMILES string of the molecule is Cc1cc(O)c2c(c1)[C@H]1OC(=O)[C@@H](CCO)C1C1=C2C(=O)c2cccc(OC3C[C@@H](O)[C@@H](O)[C@H](C)O3)c2C1=O. The fourth-order valence-corrected chi connectivity index (χ4v) is 6.35. The smallest absolute Gasteiger partial charge is 0.310 e. The Kier molecular flexibility index (Phi) is 6.11. The van der Waals surface area contributed by atoms with Crippen LogP contribution in [-0.2, 0) is 14.3 Å². The van der Waals surface area contributed by atoms with Crippen molar-refractivity contribution in [1.29, 1.82) is 0 Å². The van der Waals surface area contributed by atoms with Gasteiger partial charge in [-0.3, -0.25) is 14.4 Å². The monoisotopic (exact) mass is 536 g/mol. The molecule has 0 saturated carbocycles. The number of fused-ring (bicyclic) bond motifs is 6. The van der Waals surface area contributed by atoms with Crippen molar-refractivity contribution >= 4 is 23.1 Å². The van der Waals surface area contributed by atoms with E-state index in [0.29, 0.717) is 11.1 Å². The number of ketones is 2. The molecule has 2 aromatic carbocycles. The van der Waals surface area contributed by atoms with Crippen LogP contribution in [0.2, 0.25) is 0 Å². The molecule has 39 heavy (non-hydrogen) atoms. The average Bonchev–Trinajstić information content (AvgIpc) is 3.21. The third-order valence-electron chi connectivity index (χ3n) is 8.10. The number of hydrogen-bond donors (Lipinski definition) is 4. The largest absolute Gasteiger partial charge is 0.507 e. The molecule has 10 heteroatoms. The molecule has 2 saturated heterocycles. The number of esters is 1. The number of aliphatic hydroxyl groups is 3. The van der Waals surface area contributed by atoms with Crippen LogP contribution >= 0.6 is 0 Å². The molecule has 6 rings (SSSR count). The van der Waals surface area contributed by atoms with Gasteiger partial charge in [0.25, 0.3) is 0 Å². The van der Waals surface area contributed by atoms with E-state index >= 15 is 0 Å². The van der Waals surface area contributed by atoms with Gasteiger partial charge in [-0.25, -0.2) is 0 Å².